The van der Waals surface area contributed by atoms with Crippen molar-refractivity contribution in [3.05, 3.63) is 0 Å². The van der Waals surface area contributed by atoms with Gasteiger partial charge >= 0.3 is 5.97 Å². The smallest absolute Gasteiger partial charge is 0.313 e. The van der Waals surface area contributed by atoms with Crippen molar-refractivity contribution in [2.75, 3.05) is 86.2 Å². The van der Waals surface area contributed by atoms with Crippen molar-refractivity contribution >= 4 is 5.97 Å². The molecule has 0 aromatic rings. The molecule has 2 fully saturated rings. The molecule has 0 aromatic carbocycles. The SMILES string of the molecule is CCCCCCCCCOCC(CO[C@@H]1[C@@H](OCC(COCCCCCCCCC)OCCCCCCCCC)CO[C@@H]1COC(=O)C1(C)CCN(C)C1)OCCCCCCCCC. The van der Waals surface area contributed by atoms with Crippen LogP contribution in [0.5, 0.6) is 0 Å². The Morgan fingerprint density at radius 1 is 0.562 bits per heavy atom. The number of carbonyl (C=O) groups is 1. The van der Waals surface area contributed by atoms with Gasteiger partial charge < -0.3 is 42.8 Å². The Morgan fingerprint density at radius 2 is 0.969 bits per heavy atom. The van der Waals surface area contributed by atoms with Crippen molar-refractivity contribution in [3.63, 3.8) is 0 Å². The Hall–Kier alpha value is -0.850. The summed E-state index contributed by atoms with van der Waals surface area (Å²) < 4.78 is 51.2. The molecule has 10 nitrogen and oxygen atoms in total. The van der Waals surface area contributed by atoms with Crippen molar-refractivity contribution in [3.8, 4) is 0 Å². The lowest BCUT2D eigenvalue weighted by Crippen LogP contribution is -2.43. The molecule has 3 unspecified atom stereocenters. The maximum atomic E-state index is 13.4. The zero-order valence-corrected chi connectivity index (χ0v) is 43.0. The number of likely N-dealkylation sites (tertiary alicyclic amines) is 1. The maximum absolute atomic E-state index is 13.4. The first-order valence-electron chi connectivity index (χ1n) is 27.5. The minimum Gasteiger partial charge on any atom is -0.462 e. The summed E-state index contributed by atoms with van der Waals surface area (Å²) >= 11 is 0. The standard InChI is InChI=1S/C54H105NO9/c1-7-11-15-19-23-27-31-37-57-41-48(59-39-33-29-25-21-17-13-9-3)43-61-50-45-62-51(46-64-53(56)54(5)35-36-55(6)47-54)52(50)63-44-49(60-40-34-30-26-22-18-14-10-4)42-58-38-32-28-24-20-16-12-8-2/h48-52H,7-47H2,1-6H3/t48?,49?,50-,51+,52+,54?/m0/s1. The van der Waals surface area contributed by atoms with Crippen molar-refractivity contribution < 1.29 is 42.7 Å². The van der Waals surface area contributed by atoms with Gasteiger partial charge in [-0.05, 0) is 52.6 Å². The van der Waals surface area contributed by atoms with Crippen LogP contribution in [-0.4, -0.2) is 128 Å². The minimum atomic E-state index is -0.517. The van der Waals surface area contributed by atoms with Gasteiger partial charge in [-0.2, -0.15) is 0 Å². The molecule has 0 aromatic heterocycles. The third-order valence-electron chi connectivity index (χ3n) is 13.3. The maximum Gasteiger partial charge on any atom is 0.313 e. The first-order chi connectivity index (χ1) is 31.4. The van der Waals surface area contributed by atoms with Crippen molar-refractivity contribution in [2.45, 2.75) is 251 Å². The number of hydrogen-bond acceptors (Lipinski definition) is 10. The van der Waals surface area contributed by atoms with E-state index in [1.54, 1.807) is 0 Å². The Kier molecular flexibility index (Phi) is 38.1. The van der Waals surface area contributed by atoms with E-state index in [1.807, 2.05) is 6.92 Å². The minimum absolute atomic E-state index is 0.126. The fourth-order valence-corrected chi connectivity index (χ4v) is 8.95. The lowest BCUT2D eigenvalue weighted by Gasteiger charge is -2.28. The van der Waals surface area contributed by atoms with E-state index in [0.717, 1.165) is 51.9 Å². The molecule has 0 N–H and O–H groups in total. The van der Waals surface area contributed by atoms with Crippen LogP contribution in [0.1, 0.15) is 221 Å². The fraction of sp³-hybridized carbons (Fsp3) is 0.981. The highest BCUT2D eigenvalue weighted by Crippen LogP contribution is 2.31. The summed E-state index contributed by atoms with van der Waals surface area (Å²) in [5, 5.41) is 0. The second kappa shape index (κ2) is 41.2. The highest BCUT2D eigenvalue weighted by atomic mass is 16.6. The molecule has 2 aliphatic rings. The molecule has 0 bridgehead atoms. The van der Waals surface area contributed by atoms with Gasteiger partial charge in [0.25, 0.3) is 0 Å². The highest BCUT2D eigenvalue weighted by Gasteiger charge is 2.44. The van der Waals surface area contributed by atoms with E-state index in [1.165, 1.54) is 154 Å². The first-order valence-corrected chi connectivity index (χ1v) is 27.5. The zero-order chi connectivity index (χ0) is 46.2. The summed E-state index contributed by atoms with van der Waals surface area (Å²) in [5.74, 6) is -0.171. The van der Waals surface area contributed by atoms with E-state index in [0.29, 0.717) is 52.8 Å². The van der Waals surface area contributed by atoms with Crippen molar-refractivity contribution in [1.29, 1.82) is 0 Å². The first kappa shape index (κ1) is 59.3. The lowest BCUT2D eigenvalue weighted by atomic mass is 9.90. The van der Waals surface area contributed by atoms with Gasteiger partial charge in [-0.3, -0.25) is 4.79 Å². The van der Waals surface area contributed by atoms with Crippen molar-refractivity contribution in [1.82, 2.24) is 4.90 Å². The van der Waals surface area contributed by atoms with Gasteiger partial charge in [0, 0.05) is 33.0 Å². The molecule has 0 radical (unpaired) electrons. The topological polar surface area (TPSA) is 94.2 Å². The van der Waals surface area contributed by atoms with Crippen LogP contribution in [0.3, 0.4) is 0 Å². The summed E-state index contributed by atoms with van der Waals surface area (Å²) in [5.41, 5.74) is -0.517. The number of esters is 1. The van der Waals surface area contributed by atoms with Crippen LogP contribution < -0.4 is 0 Å². The zero-order valence-electron chi connectivity index (χ0n) is 43.0. The van der Waals surface area contributed by atoms with Gasteiger partial charge in [-0.1, -0.05) is 182 Å². The Labute approximate surface area is 395 Å². The van der Waals surface area contributed by atoms with Gasteiger partial charge in [0.05, 0.1) is 38.4 Å². The molecular weight excluding hydrogens is 807 g/mol. The van der Waals surface area contributed by atoms with E-state index in [4.69, 9.17) is 37.9 Å². The largest absolute Gasteiger partial charge is 0.462 e. The summed E-state index contributed by atoms with van der Waals surface area (Å²) in [4.78, 5) is 15.6. The van der Waals surface area contributed by atoms with Gasteiger partial charge in [-0.15, -0.1) is 0 Å². The molecule has 0 spiro atoms. The molecule has 10 heteroatoms. The van der Waals surface area contributed by atoms with Crippen LogP contribution in [0.4, 0.5) is 0 Å². The number of rotatable bonds is 47. The van der Waals surface area contributed by atoms with E-state index in [9.17, 15) is 4.79 Å². The van der Waals surface area contributed by atoms with Crippen LogP contribution in [0.25, 0.3) is 0 Å². The third kappa shape index (κ3) is 29.8. The molecule has 0 amide bonds. The number of ether oxygens (including phenoxy) is 8. The third-order valence-corrected chi connectivity index (χ3v) is 13.3. The predicted octanol–water partition coefficient (Wildman–Crippen LogP) is 12.8. The van der Waals surface area contributed by atoms with Gasteiger partial charge in [-0.25, -0.2) is 0 Å². The molecule has 0 saturated carbocycles. The molecule has 64 heavy (non-hydrogen) atoms. The van der Waals surface area contributed by atoms with Gasteiger partial charge in [0.2, 0.25) is 0 Å². The van der Waals surface area contributed by atoms with Crippen LogP contribution in [-0.2, 0) is 42.7 Å². The van der Waals surface area contributed by atoms with Crippen molar-refractivity contribution in [2.24, 2.45) is 5.41 Å². The van der Waals surface area contributed by atoms with Gasteiger partial charge in [0.15, 0.2) is 0 Å². The van der Waals surface area contributed by atoms with E-state index in [2.05, 4.69) is 39.6 Å². The predicted molar refractivity (Wildman–Crippen MR) is 263 cm³/mol. The second-order valence-electron chi connectivity index (χ2n) is 19.8. The summed E-state index contributed by atoms with van der Waals surface area (Å²) in [6.45, 7) is 17.7. The van der Waals surface area contributed by atoms with E-state index >= 15 is 0 Å². The summed E-state index contributed by atoms with van der Waals surface area (Å²) in [6.07, 6.45) is 34.1. The Balaban J connectivity index is 2.06. The molecule has 380 valence electrons. The normalized spacial score (nSPS) is 21.2. The molecule has 2 rings (SSSR count). The molecule has 0 aliphatic carbocycles. The van der Waals surface area contributed by atoms with Crippen LogP contribution in [0, 0.1) is 5.41 Å². The molecule has 2 aliphatic heterocycles. The lowest BCUT2D eigenvalue weighted by molar-refractivity contribution is -0.162. The average Bonchev–Trinajstić information content (AvgIpc) is 3.87. The molecule has 2 heterocycles. The molecule has 2 saturated heterocycles. The Bertz CT molecular complexity index is 1040. The van der Waals surface area contributed by atoms with Crippen LogP contribution >= 0.6 is 0 Å². The summed E-state index contributed by atoms with van der Waals surface area (Å²) in [7, 11) is 2.06. The van der Waals surface area contributed by atoms with E-state index < -0.39 is 17.6 Å². The van der Waals surface area contributed by atoms with Gasteiger partial charge in [0.1, 0.15) is 37.1 Å². The number of unbranched alkanes of at least 4 members (excludes halogenated alkanes) is 24. The molecule has 6 atom stereocenters. The summed E-state index contributed by atoms with van der Waals surface area (Å²) in [6, 6.07) is 0. The monoisotopic (exact) mass is 912 g/mol. The molecular formula is C54H105NO9. The van der Waals surface area contributed by atoms with E-state index in [-0.39, 0.29) is 30.9 Å². The quantitative estimate of drug-likeness (QED) is 0.0434. The second-order valence-corrected chi connectivity index (χ2v) is 19.8. The number of nitrogens with zero attached hydrogens (tertiary/aromatic N) is 1. The fourth-order valence-electron chi connectivity index (χ4n) is 8.95. The average molecular weight is 912 g/mol. The Morgan fingerprint density at radius 3 is 1.39 bits per heavy atom. The highest BCUT2D eigenvalue weighted by molar-refractivity contribution is 5.77. The number of hydrogen-bond donors (Lipinski definition) is 0. The number of carbonyl (C=O) groups excluding carboxylic acids is 1. The van der Waals surface area contributed by atoms with Crippen LogP contribution in [0.15, 0.2) is 0 Å². The van der Waals surface area contributed by atoms with Crippen LogP contribution in [0.2, 0.25) is 0 Å².